The van der Waals surface area contributed by atoms with Gasteiger partial charge in [0.1, 0.15) is 12.2 Å². The number of alkyl halides is 3. The van der Waals surface area contributed by atoms with Crippen LogP contribution in [0.4, 0.5) is 13.2 Å². The molecule has 0 bridgehead atoms. The molecular formula is C23H27F3N4O3. The molecule has 2 aromatic rings. The lowest BCUT2D eigenvalue weighted by molar-refractivity contribution is -0.142. The zero-order valence-corrected chi connectivity index (χ0v) is 18.2. The first-order chi connectivity index (χ1) is 15.7. The molecule has 0 atom stereocenters. The number of nitrogens with zero attached hydrogens (tertiary/aromatic N) is 4. The van der Waals surface area contributed by atoms with Crippen LogP contribution in [0.3, 0.4) is 0 Å². The average molecular weight is 464 g/mol. The Balaban J connectivity index is 1.30. The van der Waals surface area contributed by atoms with E-state index in [1.54, 1.807) is 11.0 Å². The van der Waals surface area contributed by atoms with Crippen molar-refractivity contribution in [3.8, 4) is 0 Å². The van der Waals surface area contributed by atoms with Gasteiger partial charge in [-0.2, -0.15) is 18.3 Å². The second-order valence-corrected chi connectivity index (χ2v) is 9.55. The van der Waals surface area contributed by atoms with Crippen molar-refractivity contribution in [3.63, 3.8) is 0 Å². The first-order valence-electron chi connectivity index (χ1n) is 11.5. The van der Waals surface area contributed by atoms with Crippen LogP contribution < -0.4 is 0 Å². The summed E-state index contributed by atoms with van der Waals surface area (Å²) in [5, 5.41) is 13.6. The third kappa shape index (κ3) is 4.58. The molecular weight excluding hydrogens is 437 g/mol. The van der Waals surface area contributed by atoms with E-state index in [-0.39, 0.29) is 35.7 Å². The van der Waals surface area contributed by atoms with Gasteiger partial charge in [-0.25, -0.2) is 4.52 Å². The molecule has 0 aromatic carbocycles. The largest absolute Gasteiger partial charge is 0.433 e. The van der Waals surface area contributed by atoms with Crippen LogP contribution in [0.1, 0.15) is 66.2 Å². The van der Waals surface area contributed by atoms with Crippen LogP contribution in [0.2, 0.25) is 0 Å². The van der Waals surface area contributed by atoms with Gasteiger partial charge < -0.3 is 14.9 Å². The number of hydrogen-bond donors (Lipinski definition) is 1. The summed E-state index contributed by atoms with van der Waals surface area (Å²) in [5.41, 5.74) is -0.123. The van der Waals surface area contributed by atoms with E-state index in [9.17, 15) is 27.9 Å². The summed E-state index contributed by atoms with van der Waals surface area (Å²) < 4.78 is 41.7. The SMILES string of the molecule is O=C1CN(C(=O)c2cc3cc(C4CC4)cc(C(F)(F)F)n3n2)CCN1CC1CCC(O)CC1. The molecule has 33 heavy (non-hydrogen) atoms. The minimum atomic E-state index is -4.59. The first kappa shape index (κ1) is 22.2. The quantitative estimate of drug-likeness (QED) is 0.755. The monoisotopic (exact) mass is 464 g/mol. The summed E-state index contributed by atoms with van der Waals surface area (Å²) >= 11 is 0. The van der Waals surface area contributed by atoms with Gasteiger partial charge >= 0.3 is 6.18 Å². The molecule has 0 spiro atoms. The Labute approximate surface area is 189 Å². The Morgan fingerprint density at radius 1 is 1.06 bits per heavy atom. The van der Waals surface area contributed by atoms with Gasteiger partial charge in [-0.05, 0) is 74.1 Å². The predicted molar refractivity (Wildman–Crippen MR) is 113 cm³/mol. The maximum Gasteiger partial charge on any atom is 0.433 e. The predicted octanol–water partition coefficient (Wildman–Crippen LogP) is 3.07. The van der Waals surface area contributed by atoms with E-state index in [4.69, 9.17) is 0 Å². The van der Waals surface area contributed by atoms with Gasteiger partial charge in [0.05, 0.1) is 11.6 Å². The normalized spacial score (nSPS) is 24.5. The molecule has 2 aromatic heterocycles. The van der Waals surface area contributed by atoms with Crippen molar-refractivity contribution in [3.05, 3.63) is 35.2 Å². The van der Waals surface area contributed by atoms with Crippen LogP contribution in [0.25, 0.3) is 5.52 Å². The fourth-order valence-corrected chi connectivity index (χ4v) is 4.96. The minimum Gasteiger partial charge on any atom is -0.393 e. The van der Waals surface area contributed by atoms with Crippen LogP contribution in [-0.4, -0.2) is 68.6 Å². The van der Waals surface area contributed by atoms with Crippen LogP contribution in [0.5, 0.6) is 0 Å². The van der Waals surface area contributed by atoms with E-state index in [0.717, 1.165) is 49.1 Å². The maximum atomic E-state index is 13.6. The standard InChI is InChI=1S/C23H27F3N4O3/c24-23(25,26)20-10-16(15-3-4-15)9-17-11-19(27-30(17)20)22(33)29-8-7-28(21(32)13-29)12-14-1-5-18(31)6-2-14/h9-11,14-15,18,31H,1-8,12-13H2. The van der Waals surface area contributed by atoms with Gasteiger partial charge in [-0.1, -0.05) is 0 Å². The van der Waals surface area contributed by atoms with E-state index in [1.807, 2.05) is 0 Å². The molecule has 0 radical (unpaired) electrons. The highest BCUT2D eigenvalue weighted by Gasteiger charge is 2.37. The topological polar surface area (TPSA) is 78.2 Å². The molecule has 1 N–H and O–H groups in total. The summed E-state index contributed by atoms with van der Waals surface area (Å²) in [4.78, 5) is 28.8. The lowest BCUT2D eigenvalue weighted by Crippen LogP contribution is -2.53. The molecule has 2 aliphatic carbocycles. The molecule has 1 saturated heterocycles. The highest BCUT2D eigenvalue weighted by atomic mass is 19.4. The van der Waals surface area contributed by atoms with Crippen molar-refractivity contribution in [2.75, 3.05) is 26.2 Å². The molecule has 5 rings (SSSR count). The molecule has 178 valence electrons. The summed E-state index contributed by atoms with van der Waals surface area (Å²) in [5.74, 6) is -0.229. The van der Waals surface area contributed by atoms with Gasteiger partial charge in [-0.3, -0.25) is 9.59 Å². The Morgan fingerprint density at radius 3 is 2.42 bits per heavy atom. The fourth-order valence-electron chi connectivity index (χ4n) is 4.96. The number of halogens is 3. The molecule has 3 heterocycles. The number of amides is 2. The second-order valence-electron chi connectivity index (χ2n) is 9.55. The zero-order chi connectivity index (χ0) is 23.3. The molecule has 3 aliphatic rings. The second kappa shape index (κ2) is 8.30. The minimum absolute atomic E-state index is 0.0871. The van der Waals surface area contributed by atoms with Crippen molar-refractivity contribution >= 4 is 17.3 Å². The van der Waals surface area contributed by atoms with Crippen LogP contribution >= 0.6 is 0 Å². The van der Waals surface area contributed by atoms with E-state index in [1.165, 1.54) is 11.0 Å². The number of aliphatic hydroxyl groups excluding tert-OH is 1. The van der Waals surface area contributed by atoms with Crippen LogP contribution in [-0.2, 0) is 11.0 Å². The fraction of sp³-hybridized carbons (Fsp3) is 0.609. The van der Waals surface area contributed by atoms with E-state index >= 15 is 0 Å². The molecule has 10 heteroatoms. The maximum absolute atomic E-state index is 13.6. The van der Waals surface area contributed by atoms with Gasteiger partial charge in [0.25, 0.3) is 5.91 Å². The Kier molecular flexibility index (Phi) is 5.58. The van der Waals surface area contributed by atoms with Crippen molar-refractivity contribution in [1.29, 1.82) is 0 Å². The molecule has 3 fully saturated rings. The van der Waals surface area contributed by atoms with Crippen molar-refractivity contribution < 1.29 is 27.9 Å². The molecule has 0 unspecified atom stereocenters. The van der Waals surface area contributed by atoms with Gasteiger partial charge in [0, 0.05) is 19.6 Å². The van der Waals surface area contributed by atoms with E-state index in [2.05, 4.69) is 5.10 Å². The molecule has 7 nitrogen and oxygen atoms in total. The zero-order valence-electron chi connectivity index (χ0n) is 18.2. The van der Waals surface area contributed by atoms with Crippen molar-refractivity contribution in [2.45, 2.75) is 56.7 Å². The number of aromatic nitrogens is 2. The van der Waals surface area contributed by atoms with Gasteiger partial charge in [0.2, 0.25) is 5.91 Å². The van der Waals surface area contributed by atoms with Crippen molar-refractivity contribution in [2.24, 2.45) is 5.92 Å². The van der Waals surface area contributed by atoms with Gasteiger partial charge in [0.15, 0.2) is 5.69 Å². The molecule has 2 saturated carbocycles. The summed E-state index contributed by atoms with van der Waals surface area (Å²) in [6.45, 7) is 1.20. The first-order valence-corrected chi connectivity index (χ1v) is 11.5. The average Bonchev–Trinajstić information content (AvgIpc) is 3.53. The number of piperazine rings is 1. The number of carbonyl (C=O) groups is 2. The lowest BCUT2D eigenvalue weighted by atomic mass is 9.87. The van der Waals surface area contributed by atoms with Crippen molar-refractivity contribution in [1.82, 2.24) is 19.4 Å². The van der Waals surface area contributed by atoms with Crippen LogP contribution in [0.15, 0.2) is 18.2 Å². The summed E-state index contributed by atoms with van der Waals surface area (Å²) in [6, 6.07) is 4.17. The lowest BCUT2D eigenvalue weighted by Gasteiger charge is -2.37. The molecule has 2 amide bonds. The smallest absolute Gasteiger partial charge is 0.393 e. The van der Waals surface area contributed by atoms with E-state index in [0.29, 0.717) is 31.1 Å². The number of rotatable bonds is 4. The third-order valence-corrected chi connectivity index (χ3v) is 7.04. The summed E-state index contributed by atoms with van der Waals surface area (Å²) in [6.07, 6.45) is 0.115. The third-order valence-electron chi connectivity index (χ3n) is 7.04. The Bertz CT molecular complexity index is 1070. The van der Waals surface area contributed by atoms with Crippen LogP contribution in [0, 0.1) is 5.92 Å². The van der Waals surface area contributed by atoms with Gasteiger partial charge in [-0.15, -0.1) is 0 Å². The van der Waals surface area contributed by atoms with E-state index < -0.39 is 17.8 Å². The highest BCUT2D eigenvalue weighted by Crippen LogP contribution is 2.42. The number of pyridine rings is 1. The number of fused-ring (bicyclic) bond motifs is 1. The Morgan fingerprint density at radius 2 is 1.79 bits per heavy atom. The number of hydrogen-bond acceptors (Lipinski definition) is 4. The highest BCUT2D eigenvalue weighted by molar-refractivity contribution is 5.96. The molecule has 1 aliphatic heterocycles. The summed E-state index contributed by atoms with van der Waals surface area (Å²) in [7, 11) is 0. The Hall–Kier alpha value is -2.62. The number of carbonyl (C=O) groups excluding carboxylic acids is 2. The number of aliphatic hydroxyl groups is 1.